The van der Waals surface area contributed by atoms with Gasteiger partial charge in [-0.15, -0.1) is 6.42 Å². The Hall–Kier alpha value is -0.496. The molecule has 1 aliphatic carbocycles. The van der Waals surface area contributed by atoms with Crippen molar-refractivity contribution >= 4 is 0 Å². The van der Waals surface area contributed by atoms with Crippen molar-refractivity contribution in [1.82, 2.24) is 0 Å². The molecule has 0 amide bonds. The van der Waals surface area contributed by atoms with Crippen LogP contribution in [0.5, 0.6) is 5.75 Å². The predicted molar refractivity (Wildman–Crippen MR) is 106 cm³/mol. The average Bonchev–Trinajstić information content (AvgIpc) is 2.93. The molecule has 1 nitrogen and oxygen atoms in total. The third kappa shape index (κ3) is 8.03. The number of phenols is 1. The molecule has 0 unspecified atom stereocenters. The zero-order valence-corrected chi connectivity index (χ0v) is 20.2. The Morgan fingerprint density at radius 1 is 0.808 bits per heavy atom. The van der Waals surface area contributed by atoms with Gasteiger partial charge in [0.1, 0.15) is 5.75 Å². The smallest absolute Gasteiger partial charge is 0.123 e. The van der Waals surface area contributed by atoms with E-state index in [1.807, 2.05) is 12.2 Å². The van der Waals surface area contributed by atoms with Gasteiger partial charge in [0.25, 0.3) is 0 Å². The normalized spacial score (nSPS) is 13.4. The molecular weight excluding hydrogens is 376 g/mol. The zero-order valence-electron chi connectivity index (χ0n) is 17.9. The van der Waals surface area contributed by atoms with E-state index in [9.17, 15) is 5.11 Å². The van der Waals surface area contributed by atoms with Gasteiger partial charge in [-0.05, 0) is 32.9 Å². The van der Waals surface area contributed by atoms with Gasteiger partial charge in [0, 0.05) is 21.7 Å². The summed E-state index contributed by atoms with van der Waals surface area (Å²) in [5.41, 5.74) is 3.37. The Kier molecular flexibility index (Phi) is 10.8. The molecule has 0 aliphatic heterocycles. The number of hydrogen-bond acceptors (Lipinski definition) is 1. The number of allylic oxidation sites excluding steroid dienone is 4. The summed E-state index contributed by atoms with van der Waals surface area (Å²) in [6.45, 7) is 19.6. The van der Waals surface area contributed by atoms with Gasteiger partial charge < -0.3 is 17.5 Å². The number of benzene rings is 1. The van der Waals surface area contributed by atoms with Crippen LogP contribution in [0, 0.1) is 6.08 Å². The van der Waals surface area contributed by atoms with Gasteiger partial charge in [0.15, 0.2) is 0 Å². The Bertz CT molecular complexity index is 578. The molecule has 0 saturated carbocycles. The van der Waals surface area contributed by atoms with Crippen molar-refractivity contribution in [1.29, 1.82) is 0 Å². The van der Waals surface area contributed by atoms with E-state index < -0.39 is 0 Å². The Labute approximate surface area is 182 Å². The summed E-state index contributed by atoms with van der Waals surface area (Å²) < 4.78 is 0. The van der Waals surface area contributed by atoms with E-state index in [1.165, 1.54) is 5.56 Å². The first-order chi connectivity index (χ1) is 10.7. The molecule has 1 aromatic carbocycles. The number of halogens is 1. The Morgan fingerprint density at radius 2 is 1.23 bits per heavy atom. The Morgan fingerprint density at radius 3 is 1.42 bits per heavy atom. The van der Waals surface area contributed by atoms with Crippen LogP contribution in [-0.4, -0.2) is 5.11 Å². The van der Waals surface area contributed by atoms with Crippen molar-refractivity contribution in [2.75, 3.05) is 0 Å². The van der Waals surface area contributed by atoms with Crippen molar-refractivity contribution in [2.24, 2.45) is 0 Å². The molecule has 0 fully saturated rings. The molecule has 0 atom stereocenters. The second kappa shape index (κ2) is 10.2. The van der Waals surface area contributed by atoms with E-state index in [0.29, 0.717) is 5.75 Å². The summed E-state index contributed by atoms with van der Waals surface area (Å²) in [5.74, 6) is 0.466. The summed E-state index contributed by atoms with van der Waals surface area (Å²) in [4.78, 5) is 0. The quantitative estimate of drug-likeness (QED) is 0.512. The monoisotopic (exact) mass is 410 g/mol. The van der Waals surface area contributed by atoms with Gasteiger partial charge in [-0.1, -0.05) is 74.4 Å². The third-order valence-corrected chi connectivity index (χ3v) is 4.18. The first kappa shape index (κ1) is 27.7. The van der Waals surface area contributed by atoms with Crippen LogP contribution < -0.4 is 12.4 Å². The van der Waals surface area contributed by atoms with Gasteiger partial charge in [-0.25, -0.2) is 12.2 Å². The number of aromatic hydroxyl groups is 1. The van der Waals surface area contributed by atoms with Gasteiger partial charge >= 0.3 is 0 Å². The Balaban J connectivity index is 0. The largest absolute Gasteiger partial charge is 1.00 e. The number of rotatable bonds is 0. The van der Waals surface area contributed by atoms with E-state index in [1.54, 1.807) is 0 Å². The SMILES string of the molecule is CC(C)(C)c1cc(C(C)(C)C)c(O)c(C(C)(C)C)c1.[C-]1=CC=CC1.[Cl-].[Ti]. The minimum Gasteiger partial charge on any atom is -1.00 e. The fourth-order valence-electron chi connectivity index (χ4n) is 2.55. The molecular formula is C23H35ClOTi-2. The molecule has 2 rings (SSSR count). The third-order valence-electron chi connectivity index (χ3n) is 4.18. The predicted octanol–water partition coefficient (Wildman–Crippen LogP) is 3.59. The molecule has 0 heterocycles. The average molecular weight is 411 g/mol. The molecule has 3 heteroatoms. The van der Waals surface area contributed by atoms with Crippen molar-refractivity contribution < 1.29 is 39.2 Å². The maximum absolute atomic E-state index is 10.7. The number of hydrogen-bond donors (Lipinski definition) is 1. The molecule has 1 aromatic rings. The van der Waals surface area contributed by atoms with Crippen LogP contribution in [0.3, 0.4) is 0 Å². The maximum atomic E-state index is 10.7. The molecule has 0 spiro atoms. The summed E-state index contributed by atoms with van der Waals surface area (Å²) in [6.07, 6.45) is 10.0. The molecule has 1 N–H and O–H groups in total. The second-order valence-electron chi connectivity index (χ2n) is 9.67. The first-order valence-electron chi connectivity index (χ1n) is 8.85. The molecule has 146 valence electrons. The fraction of sp³-hybridized carbons (Fsp3) is 0.565. The van der Waals surface area contributed by atoms with Crippen molar-refractivity contribution in [3.05, 3.63) is 53.1 Å². The van der Waals surface area contributed by atoms with E-state index in [-0.39, 0.29) is 50.4 Å². The standard InChI is InChI=1S/C18H30O.C5H5.ClH.Ti/c1-16(2,3)12-10-13(17(4,5)6)15(19)14(11-12)18(7,8)9;1-2-4-5-3-1;;/h10-11,19H,1-9H3;1-3H,4H2;1H;/q;-1;;/p-1. The van der Waals surface area contributed by atoms with Crippen LogP contribution >= 0.6 is 0 Å². The van der Waals surface area contributed by atoms with Gasteiger partial charge in [0.05, 0.1) is 0 Å². The second-order valence-corrected chi connectivity index (χ2v) is 9.67. The summed E-state index contributed by atoms with van der Waals surface area (Å²) in [5, 5.41) is 10.7. The fourth-order valence-corrected chi connectivity index (χ4v) is 2.55. The molecule has 0 radical (unpaired) electrons. The zero-order chi connectivity index (χ0) is 18.8. The van der Waals surface area contributed by atoms with Crippen LogP contribution in [0.2, 0.25) is 0 Å². The van der Waals surface area contributed by atoms with Crippen LogP contribution in [0.15, 0.2) is 30.4 Å². The number of phenolic OH excluding ortho intramolecular Hbond substituents is 1. The van der Waals surface area contributed by atoms with E-state index in [4.69, 9.17) is 0 Å². The first-order valence-corrected chi connectivity index (χ1v) is 8.85. The topological polar surface area (TPSA) is 20.2 Å². The van der Waals surface area contributed by atoms with Crippen molar-refractivity contribution in [2.45, 2.75) is 85.0 Å². The van der Waals surface area contributed by atoms with E-state index >= 15 is 0 Å². The van der Waals surface area contributed by atoms with Crippen LogP contribution in [0.25, 0.3) is 0 Å². The van der Waals surface area contributed by atoms with Crippen molar-refractivity contribution in [3.8, 4) is 5.75 Å². The van der Waals surface area contributed by atoms with Gasteiger partial charge in [0.2, 0.25) is 0 Å². The summed E-state index contributed by atoms with van der Waals surface area (Å²) in [7, 11) is 0. The van der Waals surface area contributed by atoms with Crippen LogP contribution in [0.1, 0.15) is 85.4 Å². The van der Waals surface area contributed by atoms with Crippen LogP contribution in [-0.2, 0) is 38.0 Å². The van der Waals surface area contributed by atoms with Crippen LogP contribution in [0.4, 0.5) is 0 Å². The minimum atomic E-state index is -0.0503. The van der Waals surface area contributed by atoms with Crippen molar-refractivity contribution in [3.63, 3.8) is 0 Å². The van der Waals surface area contributed by atoms with E-state index in [2.05, 4.69) is 86.6 Å². The summed E-state index contributed by atoms with van der Waals surface area (Å²) in [6, 6.07) is 4.34. The molecule has 1 aliphatic rings. The maximum Gasteiger partial charge on any atom is 0.123 e. The minimum absolute atomic E-state index is 0. The van der Waals surface area contributed by atoms with E-state index in [0.717, 1.165) is 17.5 Å². The molecule has 0 bridgehead atoms. The summed E-state index contributed by atoms with van der Waals surface area (Å²) >= 11 is 0. The molecule has 26 heavy (non-hydrogen) atoms. The van der Waals surface area contributed by atoms with Gasteiger partial charge in [-0.2, -0.15) is 6.08 Å². The van der Waals surface area contributed by atoms with Gasteiger partial charge in [-0.3, -0.25) is 6.08 Å². The molecule has 0 aromatic heterocycles. The molecule has 0 saturated heterocycles.